The van der Waals surface area contributed by atoms with Crippen LogP contribution in [0, 0.1) is 0 Å². The van der Waals surface area contributed by atoms with E-state index in [2.05, 4.69) is 4.98 Å². The van der Waals surface area contributed by atoms with Crippen LogP contribution < -0.4 is 11.5 Å². The number of aromatic nitrogens is 1. The van der Waals surface area contributed by atoms with Gasteiger partial charge in [-0.2, -0.15) is 0 Å². The SMILES string of the molecule is NC(=O)C[C@@H](N)c1ccc2ccccc2n1. The number of benzene rings is 1. The Bertz CT molecular complexity index is 524. The predicted molar refractivity (Wildman–Crippen MR) is 62.5 cm³/mol. The van der Waals surface area contributed by atoms with Crippen molar-refractivity contribution in [2.24, 2.45) is 11.5 Å². The van der Waals surface area contributed by atoms with E-state index in [1.165, 1.54) is 0 Å². The molecule has 0 aliphatic carbocycles. The Kier molecular flexibility index (Phi) is 2.83. The molecule has 0 radical (unpaired) electrons. The maximum atomic E-state index is 10.8. The van der Waals surface area contributed by atoms with Crippen molar-refractivity contribution >= 4 is 16.8 Å². The Morgan fingerprint density at radius 2 is 2.00 bits per heavy atom. The number of carbonyl (C=O) groups excluding carboxylic acids is 1. The van der Waals surface area contributed by atoms with Crippen LogP contribution in [0.1, 0.15) is 18.2 Å². The third kappa shape index (κ3) is 2.17. The number of amides is 1. The molecule has 1 atom stereocenters. The number of fused-ring (bicyclic) bond motifs is 1. The van der Waals surface area contributed by atoms with Crippen molar-refractivity contribution in [1.29, 1.82) is 0 Å². The van der Waals surface area contributed by atoms with Gasteiger partial charge < -0.3 is 11.5 Å². The Morgan fingerprint density at radius 3 is 2.75 bits per heavy atom. The third-order valence-corrected chi connectivity index (χ3v) is 2.42. The van der Waals surface area contributed by atoms with Crippen molar-refractivity contribution in [3.8, 4) is 0 Å². The van der Waals surface area contributed by atoms with Gasteiger partial charge in [-0.05, 0) is 12.1 Å². The van der Waals surface area contributed by atoms with Crippen LogP contribution in [0.4, 0.5) is 0 Å². The molecule has 0 bridgehead atoms. The monoisotopic (exact) mass is 215 g/mol. The smallest absolute Gasteiger partial charge is 0.219 e. The fourth-order valence-corrected chi connectivity index (χ4v) is 1.61. The van der Waals surface area contributed by atoms with E-state index in [1.807, 2.05) is 36.4 Å². The summed E-state index contributed by atoms with van der Waals surface area (Å²) in [6, 6.07) is 11.1. The van der Waals surface area contributed by atoms with Gasteiger partial charge in [0.2, 0.25) is 5.91 Å². The van der Waals surface area contributed by atoms with E-state index in [0.717, 1.165) is 10.9 Å². The van der Waals surface area contributed by atoms with Crippen LogP contribution in [0.2, 0.25) is 0 Å². The molecule has 16 heavy (non-hydrogen) atoms. The third-order valence-electron chi connectivity index (χ3n) is 2.42. The summed E-state index contributed by atoms with van der Waals surface area (Å²) >= 11 is 0. The molecule has 0 saturated heterocycles. The van der Waals surface area contributed by atoms with Crippen LogP contribution in [-0.4, -0.2) is 10.9 Å². The molecule has 0 aliphatic heterocycles. The molecule has 4 nitrogen and oxygen atoms in total. The number of pyridine rings is 1. The molecule has 1 heterocycles. The average molecular weight is 215 g/mol. The number of carbonyl (C=O) groups is 1. The lowest BCUT2D eigenvalue weighted by Crippen LogP contribution is -2.21. The van der Waals surface area contributed by atoms with Crippen LogP contribution in [0.25, 0.3) is 10.9 Å². The summed E-state index contributed by atoms with van der Waals surface area (Å²) in [6.07, 6.45) is 0.116. The maximum Gasteiger partial charge on any atom is 0.219 e. The zero-order valence-electron chi connectivity index (χ0n) is 8.76. The highest BCUT2D eigenvalue weighted by Gasteiger charge is 2.10. The predicted octanol–water partition coefficient (Wildman–Crippen LogP) is 1.11. The number of para-hydroxylation sites is 1. The van der Waals surface area contributed by atoms with Crippen molar-refractivity contribution in [2.75, 3.05) is 0 Å². The van der Waals surface area contributed by atoms with Crippen LogP contribution in [0.3, 0.4) is 0 Å². The van der Waals surface area contributed by atoms with E-state index in [9.17, 15) is 4.79 Å². The van der Waals surface area contributed by atoms with Crippen molar-refractivity contribution in [2.45, 2.75) is 12.5 Å². The van der Waals surface area contributed by atoms with Gasteiger partial charge in [0.1, 0.15) is 0 Å². The van der Waals surface area contributed by atoms with Gasteiger partial charge in [0.25, 0.3) is 0 Å². The summed E-state index contributed by atoms with van der Waals surface area (Å²) in [6.45, 7) is 0. The lowest BCUT2D eigenvalue weighted by molar-refractivity contribution is -0.118. The number of nitrogens with zero attached hydrogens (tertiary/aromatic N) is 1. The molecule has 2 aromatic rings. The second kappa shape index (κ2) is 4.28. The fraction of sp³-hybridized carbons (Fsp3) is 0.167. The molecule has 4 N–H and O–H groups in total. The summed E-state index contributed by atoms with van der Waals surface area (Å²) in [7, 11) is 0. The van der Waals surface area contributed by atoms with E-state index in [4.69, 9.17) is 11.5 Å². The van der Waals surface area contributed by atoms with Crippen LogP contribution in [-0.2, 0) is 4.79 Å². The highest BCUT2D eigenvalue weighted by molar-refractivity contribution is 5.79. The summed E-state index contributed by atoms with van der Waals surface area (Å²) < 4.78 is 0. The average Bonchev–Trinajstić information content (AvgIpc) is 2.27. The van der Waals surface area contributed by atoms with Gasteiger partial charge >= 0.3 is 0 Å². The molecule has 0 aliphatic rings. The largest absolute Gasteiger partial charge is 0.370 e. The Morgan fingerprint density at radius 1 is 1.25 bits per heavy atom. The van der Waals surface area contributed by atoms with Crippen molar-refractivity contribution in [1.82, 2.24) is 4.98 Å². The van der Waals surface area contributed by atoms with Gasteiger partial charge in [0, 0.05) is 11.8 Å². The van der Waals surface area contributed by atoms with Crippen molar-refractivity contribution < 1.29 is 4.79 Å². The second-order valence-electron chi connectivity index (χ2n) is 3.71. The van der Waals surface area contributed by atoms with E-state index in [0.29, 0.717) is 5.69 Å². The normalized spacial score (nSPS) is 12.6. The van der Waals surface area contributed by atoms with Crippen LogP contribution in [0.15, 0.2) is 36.4 Å². The highest BCUT2D eigenvalue weighted by Crippen LogP contribution is 2.16. The number of primary amides is 1. The first-order chi connectivity index (χ1) is 7.66. The minimum atomic E-state index is -0.429. The number of nitrogens with two attached hydrogens (primary N) is 2. The van der Waals surface area contributed by atoms with E-state index in [-0.39, 0.29) is 6.42 Å². The minimum Gasteiger partial charge on any atom is -0.370 e. The van der Waals surface area contributed by atoms with Gasteiger partial charge in [0.05, 0.1) is 17.3 Å². The topological polar surface area (TPSA) is 82.0 Å². The first-order valence-corrected chi connectivity index (χ1v) is 5.06. The molecule has 0 unspecified atom stereocenters. The molecule has 1 amide bonds. The first-order valence-electron chi connectivity index (χ1n) is 5.06. The van der Waals surface area contributed by atoms with Gasteiger partial charge in [-0.15, -0.1) is 0 Å². The summed E-state index contributed by atoms with van der Waals surface area (Å²) in [5, 5.41) is 1.05. The van der Waals surface area contributed by atoms with Crippen molar-refractivity contribution in [3.63, 3.8) is 0 Å². The summed E-state index contributed by atoms with van der Waals surface area (Å²) in [5.74, 6) is -0.414. The number of hydrogen-bond donors (Lipinski definition) is 2. The van der Waals surface area contributed by atoms with E-state index in [1.54, 1.807) is 0 Å². The van der Waals surface area contributed by atoms with Crippen LogP contribution >= 0.6 is 0 Å². The van der Waals surface area contributed by atoms with E-state index < -0.39 is 11.9 Å². The molecular formula is C12H13N3O. The van der Waals surface area contributed by atoms with Gasteiger partial charge in [-0.25, -0.2) is 0 Å². The first kappa shape index (κ1) is 10.6. The fourth-order valence-electron chi connectivity index (χ4n) is 1.61. The molecule has 0 fully saturated rings. The Balaban J connectivity index is 2.35. The number of rotatable bonds is 3. The molecule has 82 valence electrons. The van der Waals surface area contributed by atoms with Crippen molar-refractivity contribution in [3.05, 3.63) is 42.1 Å². The minimum absolute atomic E-state index is 0.116. The van der Waals surface area contributed by atoms with Gasteiger partial charge in [0.15, 0.2) is 0 Å². The molecular weight excluding hydrogens is 202 g/mol. The molecule has 1 aromatic heterocycles. The standard InChI is InChI=1S/C12H13N3O/c13-9(7-12(14)16)11-6-5-8-3-1-2-4-10(8)15-11/h1-6,9H,7,13H2,(H2,14,16)/t9-/m1/s1. The highest BCUT2D eigenvalue weighted by atomic mass is 16.1. The molecule has 2 rings (SSSR count). The molecule has 4 heteroatoms. The Labute approximate surface area is 93.3 Å². The maximum absolute atomic E-state index is 10.8. The Hall–Kier alpha value is -1.94. The number of hydrogen-bond acceptors (Lipinski definition) is 3. The van der Waals surface area contributed by atoms with Gasteiger partial charge in [-0.3, -0.25) is 9.78 Å². The molecule has 0 spiro atoms. The second-order valence-corrected chi connectivity index (χ2v) is 3.71. The zero-order chi connectivity index (χ0) is 11.5. The lowest BCUT2D eigenvalue weighted by atomic mass is 10.1. The molecule has 0 saturated carbocycles. The molecule has 1 aromatic carbocycles. The summed E-state index contributed by atoms with van der Waals surface area (Å²) in [5.41, 5.74) is 12.5. The summed E-state index contributed by atoms with van der Waals surface area (Å²) in [4.78, 5) is 15.2. The zero-order valence-corrected chi connectivity index (χ0v) is 8.76. The quantitative estimate of drug-likeness (QED) is 0.804. The van der Waals surface area contributed by atoms with Gasteiger partial charge in [-0.1, -0.05) is 24.3 Å². The lowest BCUT2D eigenvalue weighted by Gasteiger charge is -2.09. The van der Waals surface area contributed by atoms with E-state index >= 15 is 0 Å². The van der Waals surface area contributed by atoms with Crippen LogP contribution in [0.5, 0.6) is 0 Å².